The predicted octanol–water partition coefficient (Wildman–Crippen LogP) is 7.00. The first-order chi connectivity index (χ1) is 24.1. The first-order valence-electron chi connectivity index (χ1n) is 17.4. The van der Waals surface area contributed by atoms with Crippen molar-refractivity contribution in [3.05, 3.63) is 51.7 Å². The number of hydrogen-bond donors (Lipinski definition) is 0. The molecule has 3 aromatic rings. The van der Waals surface area contributed by atoms with Gasteiger partial charge in [0.1, 0.15) is 22.3 Å². The van der Waals surface area contributed by atoms with Crippen LogP contribution in [0.4, 0.5) is 19.0 Å². The number of methoxy groups -OCH3 is 1. The number of ketones is 1. The number of halogens is 3. The third-order valence-electron chi connectivity index (χ3n) is 9.19. The number of ether oxygens (including phenoxy) is 3. The lowest BCUT2D eigenvalue weighted by Gasteiger charge is -2.31. The van der Waals surface area contributed by atoms with Crippen LogP contribution in [0.5, 0.6) is 5.75 Å². The van der Waals surface area contributed by atoms with E-state index in [-0.39, 0.29) is 42.1 Å². The third-order valence-corrected chi connectivity index (χ3v) is 10.2. The molecule has 2 fully saturated rings. The minimum absolute atomic E-state index is 0.0537. The summed E-state index contributed by atoms with van der Waals surface area (Å²) in [6.45, 7) is 7.49. The van der Waals surface area contributed by atoms with Gasteiger partial charge in [-0.25, -0.2) is 15.0 Å². The van der Waals surface area contributed by atoms with Gasteiger partial charge in [0.15, 0.2) is 5.78 Å². The van der Waals surface area contributed by atoms with E-state index in [1.54, 1.807) is 19.2 Å². The molecule has 2 aliphatic heterocycles. The van der Waals surface area contributed by atoms with E-state index in [9.17, 15) is 22.8 Å². The second-order valence-corrected chi connectivity index (χ2v) is 13.9. The van der Waals surface area contributed by atoms with Gasteiger partial charge >= 0.3 is 12.1 Å². The van der Waals surface area contributed by atoms with Gasteiger partial charge in [-0.05, 0) is 63.8 Å². The molecule has 1 atom stereocenters. The van der Waals surface area contributed by atoms with Gasteiger partial charge in [-0.2, -0.15) is 13.2 Å². The molecule has 272 valence electrons. The monoisotopic (exact) mass is 717 g/mol. The van der Waals surface area contributed by atoms with Gasteiger partial charge in [0.2, 0.25) is 0 Å². The Morgan fingerprint density at radius 2 is 1.84 bits per heavy atom. The first kappa shape index (κ1) is 37.6. The zero-order valence-corrected chi connectivity index (χ0v) is 29.8. The largest absolute Gasteiger partial charge is 0.493 e. The number of carbonyl (C=O) groups is 2. The van der Waals surface area contributed by atoms with Gasteiger partial charge in [-0.1, -0.05) is 13.3 Å². The van der Waals surface area contributed by atoms with E-state index in [4.69, 9.17) is 19.2 Å². The van der Waals surface area contributed by atoms with Gasteiger partial charge in [0.25, 0.3) is 0 Å². The van der Waals surface area contributed by atoms with Crippen LogP contribution in [0, 0.1) is 5.92 Å². The van der Waals surface area contributed by atoms with E-state index in [2.05, 4.69) is 21.8 Å². The maximum atomic E-state index is 14.3. The molecular formula is C36H46F3N5O5S. The standard InChI is InChI=1S/C36H46F3N5O5S/c1-4-8-26-9-6-14-44(26)23-31-34(25-10-11-30(49-18-7-17-47-3)27(19-25)36(37,38)39)42-33(50-31)20-29(45)28-21-41-32(22-40-28)43-15-12-24(13-16-43)35(46)48-5-2/h10-11,19,21-22,24,26H,4-9,12-18,20,23H2,1-3H3/t26-/m1/s1. The highest BCUT2D eigenvalue weighted by molar-refractivity contribution is 7.12. The van der Waals surface area contributed by atoms with E-state index in [1.807, 2.05) is 4.90 Å². The van der Waals surface area contributed by atoms with E-state index < -0.39 is 11.7 Å². The number of thiazole rings is 1. The van der Waals surface area contributed by atoms with E-state index in [0.717, 1.165) is 43.2 Å². The van der Waals surface area contributed by atoms with E-state index in [1.165, 1.54) is 30.7 Å². The summed E-state index contributed by atoms with van der Waals surface area (Å²) in [5.74, 6) is -0.195. The van der Waals surface area contributed by atoms with Gasteiger partial charge in [0, 0.05) is 56.3 Å². The molecule has 2 saturated heterocycles. The zero-order chi connectivity index (χ0) is 35.7. The summed E-state index contributed by atoms with van der Waals surface area (Å²) >= 11 is 1.36. The van der Waals surface area contributed by atoms with Crippen LogP contribution in [0.1, 0.15) is 84.7 Å². The van der Waals surface area contributed by atoms with Crippen molar-refractivity contribution in [3.8, 4) is 17.0 Å². The quantitative estimate of drug-likeness (QED) is 0.0874. The van der Waals surface area contributed by atoms with Crippen LogP contribution in [0.2, 0.25) is 0 Å². The lowest BCUT2D eigenvalue weighted by atomic mass is 9.97. The Bertz CT molecular complexity index is 1580. The number of benzene rings is 1. The fourth-order valence-electron chi connectivity index (χ4n) is 6.63. The molecule has 10 nitrogen and oxygen atoms in total. The van der Waals surface area contributed by atoms with Crippen LogP contribution in [0.3, 0.4) is 0 Å². The lowest BCUT2D eigenvalue weighted by molar-refractivity contribution is -0.148. The zero-order valence-electron chi connectivity index (χ0n) is 29.0. The van der Waals surface area contributed by atoms with Crippen LogP contribution in [0.15, 0.2) is 30.6 Å². The number of carbonyl (C=O) groups excluding carboxylic acids is 2. The molecule has 0 aliphatic carbocycles. The predicted molar refractivity (Wildman–Crippen MR) is 185 cm³/mol. The molecule has 0 N–H and O–H groups in total. The molecule has 2 aromatic heterocycles. The van der Waals surface area contributed by atoms with E-state index in [0.29, 0.717) is 80.2 Å². The summed E-state index contributed by atoms with van der Waals surface area (Å²) in [5, 5.41) is 0.506. The number of piperidine rings is 1. The fraction of sp³-hybridized carbons (Fsp3) is 0.583. The highest BCUT2D eigenvalue weighted by Crippen LogP contribution is 2.41. The average molecular weight is 718 g/mol. The Balaban J connectivity index is 1.35. The number of alkyl halides is 3. The van der Waals surface area contributed by atoms with Crippen molar-refractivity contribution in [1.82, 2.24) is 19.9 Å². The molecule has 1 aromatic carbocycles. The maximum Gasteiger partial charge on any atom is 0.419 e. The third kappa shape index (κ3) is 9.58. The number of Topliss-reactive ketones (excluding diaryl/α,β-unsaturated/α-hetero) is 1. The Hall–Kier alpha value is -3.62. The van der Waals surface area contributed by atoms with Crippen molar-refractivity contribution < 1.29 is 37.0 Å². The first-order valence-corrected chi connectivity index (χ1v) is 18.3. The van der Waals surface area contributed by atoms with Crippen LogP contribution < -0.4 is 9.64 Å². The topological polar surface area (TPSA) is 107 Å². The van der Waals surface area contributed by atoms with Crippen molar-refractivity contribution >= 4 is 28.9 Å². The Kier molecular flexibility index (Phi) is 13.2. The molecule has 0 unspecified atom stereocenters. The highest BCUT2D eigenvalue weighted by Gasteiger charge is 2.36. The smallest absolute Gasteiger partial charge is 0.419 e. The maximum absolute atomic E-state index is 14.3. The number of esters is 1. The molecule has 14 heteroatoms. The summed E-state index contributed by atoms with van der Waals surface area (Å²) in [5.41, 5.74) is 0.0949. The van der Waals surface area contributed by atoms with Gasteiger partial charge in [-0.15, -0.1) is 11.3 Å². The normalized spacial score (nSPS) is 17.3. The summed E-state index contributed by atoms with van der Waals surface area (Å²) in [4.78, 5) is 44.4. The molecule has 50 heavy (non-hydrogen) atoms. The molecule has 0 bridgehead atoms. The number of hydrogen-bond acceptors (Lipinski definition) is 11. The molecule has 0 spiro atoms. The number of nitrogens with zero attached hydrogens (tertiary/aromatic N) is 5. The van der Waals surface area contributed by atoms with Crippen molar-refractivity contribution in [3.63, 3.8) is 0 Å². The van der Waals surface area contributed by atoms with Gasteiger partial charge in [0.05, 0.1) is 49.2 Å². The molecular weight excluding hydrogens is 671 g/mol. The number of likely N-dealkylation sites (tertiary alicyclic amines) is 1. The molecule has 4 heterocycles. The van der Waals surface area contributed by atoms with Crippen molar-refractivity contribution in [2.24, 2.45) is 5.92 Å². The molecule has 5 rings (SSSR count). The summed E-state index contributed by atoms with van der Waals surface area (Å²) in [7, 11) is 1.53. The van der Waals surface area contributed by atoms with E-state index >= 15 is 0 Å². The Labute approximate surface area is 295 Å². The van der Waals surface area contributed by atoms with Gasteiger partial charge < -0.3 is 19.1 Å². The van der Waals surface area contributed by atoms with Crippen molar-refractivity contribution in [1.29, 1.82) is 0 Å². The summed E-state index contributed by atoms with van der Waals surface area (Å²) in [6, 6.07) is 4.46. The molecule has 0 saturated carbocycles. The second kappa shape index (κ2) is 17.5. The summed E-state index contributed by atoms with van der Waals surface area (Å²) < 4.78 is 58.4. The Morgan fingerprint density at radius 1 is 1.04 bits per heavy atom. The lowest BCUT2D eigenvalue weighted by Crippen LogP contribution is -2.37. The van der Waals surface area contributed by atoms with Gasteiger partial charge in [-0.3, -0.25) is 14.5 Å². The highest BCUT2D eigenvalue weighted by atomic mass is 32.1. The average Bonchev–Trinajstić information content (AvgIpc) is 3.72. The second-order valence-electron chi connectivity index (χ2n) is 12.7. The number of rotatable bonds is 16. The Morgan fingerprint density at radius 3 is 2.52 bits per heavy atom. The molecule has 0 radical (unpaired) electrons. The number of anilines is 1. The molecule has 0 amide bonds. The number of aromatic nitrogens is 3. The summed E-state index contributed by atoms with van der Waals surface area (Å²) in [6.07, 6.45) is 4.33. The van der Waals surface area contributed by atoms with Crippen LogP contribution in [0.25, 0.3) is 11.3 Å². The van der Waals surface area contributed by atoms with Crippen LogP contribution in [-0.2, 0) is 33.4 Å². The molecule has 2 aliphatic rings. The van der Waals surface area contributed by atoms with Crippen molar-refractivity contribution in [2.75, 3.05) is 51.5 Å². The fourth-order valence-corrected chi connectivity index (χ4v) is 7.74. The SMILES string of the molecule is CCC[C@@H]1CCCN1Cc1sc(CC(=O)c2cnc(N3CCC(C(=O)OCC)CC3)cn2)nc1-c1ccc(OCCCOC)c(C(F)(F)F)c1. The minimum atomic E-state index is -4.63. The van der Waals surface area contributed by atoms with Crippen molar-refractivity contribution in [2.45, 2.75) is 84.0 Å². The van der Waals surface area contributed by atoms with Crippen LogP contribution in [-0.4, -0.2) is 84.2 Å². The minimum Gasteiger partial charge on any atom is -0.493 e. The van der Waals surface area contributed by atoms with Crippen LogP contribution >= 0.6 is 11.3 Å².